The first-order valence-corrected chi connectivity index (χ1v) is 25.3. The van der Waals surface area contributed by atoms with E-state index in [0.29, 0.717) is 38.7 Å². The van der Waals surface area contributed by atoms with E-state index in [1.165, 1.54) is 23.1 Å². The Morgan fingerprint density at radius 2 is 1.64 bits per heavy atom. The number of likely N-dealkylation sites (tertiary alicyclic amines) is 1. The largest absolute Gasteiger partial charge is 0.391 e. The van der Waals surface area contributed by atoms with Crippen LogP contribution < -0.4 is 21.3 Å². The number of aromatic nitrogens is 3. The van der Waals surface area contributed by atoms with Crippen molar-refractivity contribution in [1.82, 2.24) is 35.8 Å². The normalized spacial score (nSPS) is 15.6. The van der Waals surface area contributed by atoms with Crippen molar-refractivity contribution in [2.75, 3.05) is 44.8 Å². The maximum atomic E-state index is 15.0. The van der Waals surface area contributed by atoms with Gasteiger partial charge >= 0.3 is 0 Å². The minimum Gasteiger partial charge on any atom is -0.391 e. The quantitative estimate of drug-likeness (QED) is 0.0500. The average molecular weight is 1050 g/mol. The molecule has 6 aromatic rings. The molecular weight excluding hydrogens is 992 g/mol. The van der Waals surface area contributed by atoms with Crippen molar-refractivity contribution in [2.24, 2.45) is 10.4 Å². The summed E-state index contributed by atoms with van der Waals surface area (Å²) in [4.78, 5) is 73.9. The van der Waals surface area contributed by atoms with Crippen LogP contribution in [0.1, 0.15) is 71.9 Å². The zero-order valence-corrected chi connectivity index (χ0v) is 42.8. The number of ether oxygens (including phenoxy) is 2. The summed E-state index contributed by atoms with van der Waals surface area (Å²) >= 11 is 7.91. The molecule has 3 atom stereocenters. The second kappa shape index (κ2) is 23.9. The predicted molar refractivity (Wildman–Crippen MR) is 278 cm³/mol. The first-order chi connectivity index (χ1) is 35.5. The van der Waals surface area contributed by atoms with Gasteiger partial charge < -0.3 is 40.7 Å². The number of fused-ring (bicyclic) bond motifs is 3. The maximum Gasteiger partial charge on any atom is 0.251 e. The van der Waals surface area contributed by atoms with E-state index in [1.807, 2.05) is 52.0 Å². The second-order valence-corrected chi connectivity index (χ2v) is 20.2. The molecule has 1 fully saturated rings. The number of hydrogen-bond acceptors (Lipinski definition) is 13. The van der Waals surface area contributed by atoms with Gasteiger partial charge in [-0.15, -0.1) is 11.3 Å². The van der Waals surface area contributed by atoms with Crippen LogP contribution in [0.4, 0.5) is 20.4 Å². The van der Waals surface area contributed by atoms with Crippen molar-refractivity contribution in [1.29, 1.82) is 0 Å². The Labute approximate surface area is 436 Å². The van der Waals surface area contributed by atoms with Gasteiger partial charge in [0.2, 0.25) is 23.7 Å². The van der Waals surface area contributed by atoms with Crippen LogP contribution in [0.3, 0.4) is 0 Å². The lowest BCUT2D eigenvalue weighted by molar-refractivity contribution is -0.144. The van der Waals surface area contributed by atoms with E-state index in [1.54, 1.807) is 65.5 Å². The molecule has 2 aromatic heterocycles. The Morgan fingerprint density at radius 3 is 2.34 bits per heavy atom. The smallest absolute Gasteiger partial charge is 0.251 e. The van der Waals surface area contributed by atoms with Gasteiger partial charge in [-0.3, -0.25) is 24.2 Å². The number of aliphatic hydroxyl groups is 1. The number of carbonyl (C=O) groups excluding carboxylic acids is 4. The third kappa shape index (κ3) is 13.0. The minimum atomic E-state index is -0.969. The van der Waals surface area contributed by atoms with E-state index in [9.17, 15) is 33.1 Å². The van der Waals surface area contributed by atoms with Gasteiger partial charge in [0.1, 0.15) is 23.7 Å². The second-order valence-electron chi connectivity index (χ2n) is 18.9. The Hall–Kier alpha value is -7.03. The monoisotopic (exact) mass is 1050 g/mol. The van der Waals surface area contributed by atoms with Crippen molar-refractivity contribution < 1.29 is 42.5 Å². The highest BCUT2D eigenvalue weighted by Crippen LogP contribution is 2.35. The molecule has 386 valence electrons. The Kier molecular flexibility index (Phi) is 17.2. The maximum absolute atomic E-state index is 15.0. The Morgan fingerprint density at radius 1 is 0.905 bits per heavy atom. The molecule has 20 heteroatoms. The number of hydrogen-bond donors (Lipinski definition) is 5. The summed E-state index contributed by atoms with van der Waals surface area (Å²) in [7, 11) is 0. The van der Waals surface area contributed by atoms with Crippen LogP contribution in [0.5, 0.6) is 0 Å². The standard InChI is InChI=1S/C54H56ClF2N9O7S/c1-31-48(74-30-62-31)33-10-8-32(9-11-33)26-60-51(70)43-25-38(67)29-66(43)52(71)49(54(2,3)4)64-44(68)18-20-72-22-23-73-21-19-58-50(69)34-12-15-37(16-13-34)63-53-61-28-35-27-59-47(45-41(56)6-5-7-42(45)57)40-24-36(55)14-17-39(40)46(35)65-53/h5-17,24,28,30,38,43,49,67H,18-23,25-27,29H2,1-4H3,(H,58,69)(H,60,70)(H,64,68)(H,61,63,65)/t38-,43+,49-/m1/s1. The first-order valence-electron chi connectivity index (χ1n) is 24.0. The van der Waals surface area contributed by atoms with Crippen molar-refractivity contribution >= 4 is 63.9 Å². The number of rotatable bonds is 19. The van der Waals surface area contributed by atoms with Gasteiger partial charge in [-0.05, 0) is 72.0 Å². The summed E-state index contributed by atoms with van der Waals surface area (Å²) in [6, 6.07) is 21.3. The van der Waals surface area contributed by atoms with Gasteiger partial charge in [0.15, 0.2) is 0 Å². The van der Waals surface area contributed by atoms with E-state index in [0.717, 1.165) is 21.7 Å². The summed E-state index contributed by atoms with van der Waals surface area (Å²) in [5, 5.41) is 22.6. The number of aryl methyl sites for hydroxylation is 1. The number of benzene rings is 4. The molecule has 0 radical (unpaired) electrons. The van der Waals surface area contributed by atoms with Crippen molar-refractivity contribution in [3.8, 4) is 21.7 Å². The number of β-amino-alcohol motifs (C(OH)–C–C–N with tert-alkyl or cyclic N) is 1. The van der Waals surface area contributed by atoms with Crippen LogP contribution in [-0.4, -0.2) is 112 Å². The third-order valence-corrected chi connectivity index (χ3v) is 13.7. The molecule has 2 aliphatic heterocycles. The number of anilines is 2. The van der Waals surface area contributed by atoms with Crippen LogP contribution in [0.15, 0.2) is 102 Å². The molecule has 0 spiro atoms. The van der Waals surface area contributed by atoms with E-state index in [2.05, 4.69) is 36.2 Å². The minimum absolute atomic E-state index is 0.0272. The SMILES string of the molecule is Cc1ncsc1-c1ccc(CNC(=O)[C@@H]2C[C@@H](O)CN2C(=O)[C@@H](NC(=O)CCOCCOCCNC(=O)c2ccc(Nc3ncc4c(n3)-c3ccc(Cl)cc3C(c3c(F)cccc3F)=NC4)cc2)C(C)(C)C)cc1. The fourth-order valence-corrected chi connectivity index (χ4v) is 9.58. The predicted octanol–water partition coefficient (Wildman–Crippen LogP) is 7.56. The topological polar surface area (TPSA) is 209 Å². The summed E-state index contributed by atoms with van der Waals surface area (Å²) < 4.78 is 41.1. The molecule has 0 unspecified atom stereocenters. The van der Waals surface area contributed by atoms with Crippen molar-refractivity contribution in [3.63, 3.8) is 0 Å². The molecule has 74 heavy (non-hydrogen) atoms. The zero-order valence-electron chi connectivity index (χ0n) is 41.2. The molecule has 0 aliphatic carbocycles. The van der Waals surface area contributed by atoms with E-state index in [4.69, 9.17) is 26.1 Å². The fourth-order valence-electron chi connectivity index (χ4n) is 8.60. The van der Waals surface area contributed by atoms with Crippen LogP contribution in [-0.2, 0) is 36.9 Å². The van der Waals surface area contributed by atoms with Gasteiger partial charge in [-0.25, -0.2) is 23.7 Å². The molecule has 4 amide bonds. The number of amides is 4. The molecule has 5 N–H and O–H groups in total. The van der Waals surface area contributed by atoms with Crippen LogP contribution in [0.2, 0.25) is 5.02 Å². The highest BCUT2D eigenvalue weighted by molar-refractivity contribution is 7.13. The summed E-state index contributed by atoms with van der Waals surface area (Å²) in [6.45, 7) is 8.61. The Balaban J connectivity index is 0.736. The fraction of sp³-hybridized carbons (Fsp3) is 0.333. The number of aliphatic imine (C=N–C) groups is 1. The highest BCUT2D eigenvalue weighted by Gasteiger charge is 2.44. The average Bonchev–Trinajstić information content (AvgIpc) is 3.96. The molecule has 8 rings (SSSR count). The zero-order chi connectivity index (χ0) is 52.5. The number of halogens is 3. The lowest BCUT2D eigenvalue weighted by atomic mass is 9.85. The number of aliphatic hydroxyl groups excluding tert-OH is 1. The van der Waals surface area contributed by atoms with Gasteiger partial charge in [-0.1, -0.05) is 68.8 Å². The molecular formula is C54H56ClF2N9O7S. The Bertz CT molecular complexity index is 3020. The van der Waals surface area contributed by atoms with E-state index in [-0.39, 0.29) is 94.5 Å². The summed E-state index contributed by atoms with van der Waals surface area (Å²) in [5.74, 6) is -2.80. The van der Waals surface area contributed by atoms with Gasteiger partial charge in [0, 0.05) is 71.6 Å². The number of nitrogens with one attached hydrogen (secondary N) is 4. The van der Waals surface area contributed by atoms with Gasteiger partial charge in [-0.2, -0.15) is 0 Å². The molecule has 2 aliphatic rings. The lowest BCUT2D eigenvalue weighted by Crippen LogP contribution is -2.57. The van der Waals surface area contributed by atoms with Crippen molar-refractivity contribution in [3.05, 3.63) is 147 Å². The lowest BCUT2D eigenvalue weighted by Gasteiger charge is -2.35. The number of nitrogens with zero attached hydrogens (tertiary/aromatic N) is 5. The highest BCUT2D eigenvalue weighted by atomic mass is 35.5. The first kappa shape index (κ1) is 53.3. The third-order valence-electron chi connectivity index (χ3n) is 12.5. The number of carbonyl (C=O) groups is 4. The van der Waals surface area contributed by atoms with Crippen LogP contribution in [0.25, 0.3) is 21.7 Å². The molecule has 0 bridgehead atoms. The molecule has 16 nitrogen and oxygen atoms in total. The molecule has 4 heterocycles. The number of thiazole rings is 1. The summed E-state index contributed by atoms with van der Waals surface area (Å²) in [6.07, 6.45) is 0.769. The molecule has 1 saturated heterocycles. The van der Waals surface area contributed by atoms with Crippen molar-refractivity contribution in [2.45, 2.75) is 71.8 Å². The van der Waals surface area contributed by atoms with Gasteiger partial charge in [0.05, 0.1) is 72.1 Å². The molecule has 0 saturated carbocycles. The van der Waals surface area contributed by atoms with E-state index >= 15 is 0 Å². The van der Waals surface area contributed by atoms with Gasteiger partial charge in [0.25, 0.3) is 5.91 Å². The summed E-state index contributed by atoms with van der Waals surface area (Å²) in [5.41, 5.74) is 7.01. The molecule has 4 aromatic carbocycles. The van der Waals surface area contributed by atoms with Crippen LogP contribution >= 0.6 is 22.9 Å². The van der Waals surface area contributed by atoms with Crippen LogP contribution in [0, 0.1) is 24.0 Å². The van der Waals surface area contributed by atoms with E-state index < -0.39 is 47.1 Å².